The Morgan fingerprint density at radius 1 is 1.04 bits per heavy atom. The second kappa shape index (κ2) is 8.67. The van der Waals surface area contributed by atoms with Crippen LogP contribution in [0.15, 0.2) is 36.4 Å². The van der Waals surface area contributed by atoms with Crippen LogP contribution < -0.4 is 15.2 Å². The second-order valence-corrected chi connectivity index (χ2v) is 5.23. The molecule has 0 bridgehead atoms. The molecule has 0 amide bonds. The first-order chi connectivity index (χ1) is 10.8. The molecule has 0 aromatic heterocycles. The number of hydrogen-bond acceptors (Lipinski definition) is 3. The summed E-state index contributed by atoms with van der Waals surface area (Å²) in [6.07, 6.45) is -4.85. The highest BCUT2D eigenvalue weighted by Gasteiger charge is 2.32. The summed E-state index contributed by atoms with van der Waals surface area (Å²) < 4.78 is 46.9. The van der Waals surface area contributed by atoms with Gasteiger partial charge in [0.2, 0.25) is 0 Å². The topological polar surface area (TPSA) is 44.5 Å². The van der Waals surface area contributed by atoms with Crippen molar-refractivity contribution < 1.29 is 22.6 Å². The Hall–Kier alpha value is -1.34. The van der Waals surface area contributed by atoms with Crippen molar-refractivity contribution in [2.24, 2.45) is 5.73 Å². The minimum absolute atomic E-state index is 0. The average molecular weight is 403 g/mol. The molecule has 0 aliphatic heterocycles. The molecule has 0 spiro atoms. The number of alkyl halides is 3. The van der Waals surface area contributed by atoms with E-state index < -0.39 is 12.1 Å². The summed E-state index contributed by atoms with van der Waals surface area (Å²) in [4.78, 5) is 0. The van der Waals surface area contributed by atoms with Crippen LogP contribution in [0.4, 0.5) is 13.2 Å². The van der Waals surface area contributed by atoms with Crippen molar-refractivity contribution in [3.8, 4) is 22.6 Å². The highest BCUT2D eigenvalue weighted by Crippen LogP contribution is 2.39. The van der Waals surface area contributed by atoms with Crippen LogP contribution in [0.1, 0.15) is 0 Å². The van der Waals surface area contributed by atoms with Gasteiger partial charge in [0.1, 0.15) is 6.61 Å². The molecule has 0 saturated heterocycles. The molecule has 0 atom stereocenters. The zero-order valence-corrected chi connectivity index (χ0v) is 14.4. The van der Waals surface area contributed by atoms with Gasteiger partial charge in [0, 0.05) is 12.1 Å². The standard InChI is InChI=1S/C15H12Cl2F3NO2.ClH/c16-11-3-1-2-10(14(11)17)9-4-5-12(22-7-6-21)13(8-9)23-15(18,19)20;/h1-5,8H,6-7,21H2;1H. The van der Waals surface area contributed by atoms with E-state index in [1.54, 1.807) is 24.3 Å². The van der Waals surface area contributed by atoms with E-state index in [-0.39, 0.29) is 36.3 Å². The third-order valence-corrected chi connectivity index (χ3v) is 3.63. The van der Waals surface area contributed by atoms with Crippen LogP contribution in [0.2, 0.25) is 10.0 Å². The maximum atomic E-state index is 12.6. The van der Waals surface area contributed by atoms with Crippen molar-refractivity contribution in [2.75, 3.05) is 13.2 Å². The molecule has 132 valence electrons. The van der Waals surface area contributed by atoms with E-state index in [1.807, 2.05) is 0 Å². The molecule has 0 saturated carbocycles. The van der Waals surface area contributed by atoms with Gasteiger partial charge in [0.15, 0.2) is 11.5 Å². The molecular formula is C15H13Cl3F3NO2. The molecular weight excluding hydrogens is 390 g/mol. The Morgan fingerprint density at radius 3 is 2.38 bits per heavy atom. The van der Waals surface area contributed by atoms with Crippen LogP contribution in [-0.2, 0) is 0 Å². The Morgan fingerprint density at radius 2 is 1.75 bits per heavy atom. The van der Waals surface area contributed by atoms with E-state index in [9.17, 15) is 13.2 Å². The molecule has 0 unspecified atom stereocenters. The first kappa shape index (κ1) is 20.7. The second-order valence-electron chi connectivity index (χ2n) is 4.45. The molecule has 24 heavy (non-hydrogen) atoms. The molecule has 0 fully saturated rings. The normalized spacial score (nSPS) is 10.9. The molecule has 0 aliphatic carbocycles. The fourth-order valence-electron chi connectivity index (χ4n) is 1.89. The summed E-state index contributed by atoms with van der Waals surface area (Å²) in [7, 11) is 0. The van der Waals surface area contributed by atoms with Gasteiger partial charge < -0.3 is 15.2 Å². The number of hydrogen-bond donors (Lipinski definition) is 1. The van der Waals surface area contributed by atoms with Crippen molar-refractivity contribution in [3.05, 3.63) is 46.4 Å². The van der Waals surface area contributed by atoms with E-state index in [1.165, 1.54) is 12.1 Å². The molecule has 2 rings (SSSR count). The van der Waals surface area contributed by atoms with Gasteiger partial charge in [-0.25, -0.2) is 0 Å². The molecule has 9 heteroatoms. The molecule has 2 N–H and O–H groups in total. The molecule has 3 nitrogen and oxygen atoms in total. The number of nitrogens with two attached hydrogens (primary N) is 1. The number of rotatable bonds is 5. The minimum atomic E-state index is -4.85. The predicted octanol–water partition coefficient (Wildman–Crippen LogP) is 5.32. The summed E-state index contributed by atoms with van der Waals surface area (Å²) in [5, 5.41) is 0.536. The van der Waals surface area contributed by atoms with Gasteiger partial charge in [-0.05, 0) is 23.8 Å². The Labute approximate surface area is 152 Å². The van der Waals surface area contributed by atoms with Crippen LogP contribution in [0, 0.1) is 0 Å². The molecule has 0 radical (unpaired) electrons. The maximum Gasteiger partial charge on any atom is 0.573 e. The lowest BCUT2D eigenvalue weighted by molar-refractivity contribution is -0.275. The van der Waals surface area contributed by atoms with Gasteiger partial charge in [0.25, 0.3) is 0 Å². The highest BCUT2D eigenvalue weighted by molar-refractivity contribution is 6.43. The minimum Gasteiger partial charge on any atom is -0.488 e. The Balaban J connectivity index is 0.00000288. The number of halogens is 6. The van der Waals surface area contributed by atoms with Crippen molar-refractivity contribution in [1.82, 2.24) is 0 Å². The SMILES string of the molecule is Cl.NCCOc1ccc(-c2cccc(Cl)c2Cl)cc1OC(F)(F)F. The van der Waals surface area contributed by atoms with Gasteiger partial charge in [-0.3, -0.25) is 0 Å². The van der Waals surface area contributed by atoms with Gasteiger partial charge in [-0.2, -0.15) is 0 Å². The van der Waals surface area contributed by atoms with Crippen LogP contribution in [0.3, 0.4) is 0 Å². The van der Waals surface area contributed by atoms with E-state index in [2.05, 4.69) is 4.74 Å². The molecule has 0 aliphatic rings. The Kier molecular flexibility index (Phi) is 7.48. The van der Waals surface area contributed by atoms with E-state index in [0.29, 0.717) is 16.1 Å². The van der Waals surface area contributed by atoms with E-state index in [4.69, 9.17) is 33.7 Å². The lowest BCUT2D eigenvalue weighted by Gasteiger charge is -2.15. The third-order valence-electron chi connectivity index (χ3n) is 2.81. The summed E-state index contributed by atoms with van der Waals surface area (Å²) in [5.74, 6) is -0.533. The maximum absolute atomic E-state index is 12.6. The monoisotopic (exact) mass is 401 g/mol. The Bertz CT molecular complexity index is 696. The van der Waals surface area contributed by atoms with Gasteiger partial charge in [-0.15, -0.1) is 25.6 Å². The number of benzene rings is 2. The summed E-state index contributed by atoms with van der Waals surface area (Å²) in [6, 6.07) is 8.99. The summed E-state index contributed by atoms with van der Waals surface area (Å²) >= 11 is 12.0. The zero-order chi connectivity index (χ0) is 17.0. The zero-order valence-electron chi connectivity index (χ0n) is 12.1. The smallest absolute Gasteiger partial charge is 0.488 e. The van der Waals surface area contributed by atoms with Crippen molar-refractivity contribution in [1.29, 1.82) is 0 Å². The summed E-state index contributed by atoms with van der Waals surface area (Å²) in [5.41, 5.74) is 6.19. The fraction of sp³-hybridized carbons (Fsp3) is 0.200. The van der Waals surface area contributed by atoms with Crippen LogP contribution in [0.5, 0.6) is 11.5 Å². The lowest BCUT2D eigenvalue weighted by atomic mass is 10.1. The average Bonchev–Trinajstić information content (AvgIpc) is 2.47. The first-order valence-corrected chi connectivity index (χ1v) is 7.24. The van der Waals surface area contributed by atoms with Crippen molar-refractivity contribution in [2.45, 2.75) is 6.36 Å². The largest absolute Gasteiger partial charge is 0.573 e. The molecule has 2 aromatic rings. The third kappa shape index (κ3) is 5.34. The quantitative estimate of drug-likeness (QED) is 0.736. The fourth-order valence-corrected chi connectivity index (χ4v) is 2.30. The predicted molar refractivity (Wildman–Crippen MR) is 90.4 cm³/mol. The van der Waals surface area contributed by atoms with Crippen LogP contribution >= 0.6 is 35.6 Å². The van der Waals surface area contributed by atoms with Gasteiger partial charge in [-0.1, -0.05) is 41.4 Å². The van der Waals surface area contributed by atoms with Crippen LogP contribution in [0.25, 0.3) is 11.1 Å². The lowest BCUT2D eigenvalue weighted by Crippen LogP contribution is -2.18. The van der Waals surface area contributed by atoms with Crippen molar-refractivity contribution in [3.63, 3.8) is 0 Å². The van der Waals surface area contributed by atoms with Gasteiger partial charge >= 0.3 is 6.36 Å². The van der Waals surface area contributed by atoms with E-state index in [0.717, 1.165) is 0 Å². The first-order valence-electron chi connectivity index (χ1n) is 6.49. The van der Waals surface area contributed by atoms with E-state index >= 15 is 0 Å². The molecule has 2 aromatic carbocycles. The number of ether oxygens (including phenoxy) is 2. The van der Waals surface area contributed by atoms with Crippen molar-refractivity contribution >= 4 is 35.6 Å². The van der Waals surface area contributed by atoms with Crippen LogP contribution in [-0.4, -0.2) is 19.5 Å². The van der Waals surface area contributed by atoms with Gasteiger partial charge in [0.05, 0.1) is 10.0 Å². The molecule has 0 heterocycles. The summed E-state index contributed by atoms with van der Waals surface area (Å²) in [6.45, 7) is 0.221. The highest BCUT2D eigenvalue weighted by atomic mass is 35.5.